The van der Waals surface area contributed by atoms with Crippen LogP contribution in [0.2, 0.25) is 0 Å². The summed E-state index contributed by atoms with van der Waals surface area (Å²) in [6.45, 7) is 5.07. The van der Waals surface area contributed by atoms with Gasteiger partial charge >= 0.3 is 0 Å². The number of methoxy groups -OCH3 is 1. The molecule has 1 aliphatic rings. The molecule has 4 heteroatoms. The number of benzene rings is 1. The van der Waals surface area contributed by atoms with E-state index in [0.29, 0.717) is 18.7 Å². The van der Waals surface area contributed by atoms with Gasteiger partial charge in [-0.3, -0.25) is 0 Å². The molecule has 0 saturated heterocycles. The highest BCUT2D eigenvalue weighted by molar-refractivity contribution is 5.23. The molecule has 106 valence electrons. The molecule has 2 rings (SSSR count). The maximum atomic E-state index is 12.4. The zero-order valence-corrected chi connectivity index (χ0v) is 11.6. The van der Waals surface area contributed by atoms with Gasteiger partial charge in [0.2, 0.25) is 0 Å². The summed E-state index contributed by atoms with van der Waals surface area (Å²) in [6.07, 6.45) is -1.10. The molecule has 2 nitrogen and oxygen atoms in total. The summed E-state index contributed by atoms with van der Waals surface area (Å²) >= 11 is 0. The Labute approximate surface area is 113 Å². The van der Waals surface area contributed by atoms with Gasteiger partial charge in [0.1, 0.15) is 0 Å². The third-order valence-electron chi connectivity index (χ3n) is 4.25. The van der Waals surface area contributed by atoms with Gasteiger partial charge in [0.05, 0.1) is 6.10 Å². The Hall–Kier alpha value is -1.00. The first-order valence-corrected chi connectivity index (χ1v) is 6.58. The summed E-state index contributed by atoms with van der Waals surface area (Å²) in [5.41, 5.74) is 1.23. The lowest BCUT2D eigenvalue weighted by Crippen LogP contribution is -2.60. The minimum Gasteiger partial charge on any atom is -0.381 e. The molecule has 0 amide bonds. The summed E-state index contributed by atoms with van der Waals surface area (Å²) in [4.78, 5) is 0. The van der Waals surface area contributed by atoms with Crippen molar-refractivity contribution >= 4 is 0 Å². The molecule has 0 aromatic heterocycles. The largest absolute Gasteiger partial charge is 0.381 e. The fourth-order valence-corrected chi connectivity index (χ4v) is 2.65. The minimum absolute atomic E-state index is 0.0761. The van der Waals surface area contributed by atoms with Gasteiger partial charge in [0, 0.05) is 30.7 Å². The summed E-state index contributed by atoms with van der Waals surface area (Å²) in [6, 6.07) is 6.91. The predicted octanol–water partition coefficient (Wildman–Crippen LogP) is 3.53. The normalized spacial score (nSPS) is 25.4. The Balaban J connectivity index is 1.86. The van der Waals surface area contributed by atoms with E-state index in [4.69, 9.17) is 4.74 Å². The van der Waals surface area contributed by atoms with Crippen LogP contribution < -0.4 is 5.32 Å². The van der Waals surface area contributed by atoms with Gasteiger partial charge in [-0.1, -0.05) is 38.1 Å². The van der Waals surface area contributed by atoms with Crippen LogP contribution >= 0.6 is 0 Å². The number of halogens is 2. The van der Waals surface area contributed by atoms with Crippen LogP contribution in [0, 0.1) is 5.41 Å². The molecule has 0 bridgehead atoms. The Morgan fingerprint density at radius 1 is 1.32 bits per heavy atom. The SMILES string of the molecule is COC1CC(NCc2ccc(C(F)F)cc2)C1(C)C. The minimum atomic E-state index is -2.39. The van der Waals surface area contributed by atoms with Gasteiger partial charge in [0.25, 0.3) is 6.43 Å². The molecule has 1 aliphatic carbocycles. The van der Waals surface area contributed by atoms with Gasteiger partial charge < -0.3 is 10.1 Å². The van der Waals surface area contributed by atoms with Gasteiger partial charge in [-0.05, 0) is 12.0 Å². The van der Waals surface area contributed by atoms with Gasteiger partial charge in [-0.15, -0.1) is 0 Å². The van der Waals surface area contributed by atoms with Crippen molar-refractivity contribution < 1.29 is 13.5 Å². The first kappa shape index (κ1) is 14.4. The standard InChI is InChI=1S/C15H21F2NO/c1-15(2)12(8-13(15)19-3)18-9-10-4-6-11(7-5-10)14(16)17/h4-7,12-14,18H,8-9H2,1-3H3. The molecule has 0 radical (unpaired) electrons. The Bertz CT molecular complexity index is 417. The molecule has 1 aromatic carbocycles. The van der Waals surface area contributed by atoms with Crippen LogP contribution in [0.1, 0.15) is 37.8 Å². The quantitative estimate of drug-likeness (QED) is 0.883. The monoisotopic (exact) mass is 269 g/mol. The fourth-order valence-electron chi connectivity index (χ4n) is 2.65. The zero-order chi connectivity index (χ0) is 14.0. The molecular weight excluding hydrogens is 248 g/mol. The lowest BCUT2D eigenvalue weighted by Gasteiger charge is -2.51. The Kier molecular flexibility index (Phi) is 4.21. The maximum absolute atomic E-state index is 12.4. The topological polar surface area (TPSA) is 21.3 Å². The highest BCUT2D eigenvalue weighted by Gasteiger charge is 2.48. The van der Waals surface area contributed by atoms with Crippen molar-refractivity contribution in [2.24, 2.45) is 5.41 Å². The molecule has 1 fully saturated rings. The lowest BCUT2D eigenvalue weighted by atomic mass is 9.64. The van der Waals surface area contributed by atoms with Crippen molar-refractivity contribution in [1.82, 2.24) is 5.32 Å². The van der Waals surface area contributed by atoms with Crippen molar-refractivity contribution in [3.63, 3.8) is 0 Å². The third kappa shape index (κ3) is 2.95. The van der Waals surface area contributed by atoms with E-state index in [0.717, 1.165) is 12.0 Å². The molecule has 1 aromatic rings. The summed E-state index contributed by atoms with van der Waals surface area (Å²) in [5.74, 6) is 0. The average Bonchev–Trinajstić information content (AvgIpc) is 2.38. The van der Waals surface area contributed by atoms with Crippen LogP contribution in [0.3, 0.4) is 0 Å². The van der Waals surface area contributed by atoms with E-state index in [1.807, 2.05) is 0 Å². The van der Waals surface area contributed by atoms with Crippen molar-refractivity contribution in [3.8, 4) is 0 Å². The second kappa shape index (κ2) is 5.55. The Morgan fingerprint density at radius 2 is 1.95 bits per heavy atom. The van der Waals surface area contributed by atoms with Crippen LogP contribution in [0.5, 0.6) is 0 Å². The third-order valence-corrected chi connectivity index (χ3v) is 4.25. The van der Waals surface area contributed by atoms with Crippen LogP contribution in [-0.4, -0.2) is 19.3 Å². The highest BCUT2D eigenvalue weighted by atomic mass is 19.3. The molecule has 0 spiro atoms. The van der Waals surface area contributed by atoms with E-state index in [1.165, 1.54) is 12.1 Å². The number of hydrogen-bond donors (Lipinski definition) is 1. The smallest absolute Gasteiger partial charge is 0.263 e. The number of alkyl halides is 2. The molecule has 0 aliphatic heterocycles. The van der Waals surface area contributed by atoms with Gasteiger partial charge in [-0.25, -0.2) is 8.78 Å². The van der Waals surface area contributed by atoms with Crippen LogP contribution in [0.4, 0.5) is 8.78 Å². The first-order chi connectivity index (χ1) is 8.95. The van der Waals surface area contributed by atoms with Gasteiger partial charge in [0.15, 0.2) is 0 Å². The summed E-state index contributed by atoms with van der Waals surface area (Å²) < 4.78 is 30.3. The molecule has 1 saturated carbocycles. The zero-order valence-electron chi connectivity index (χ0n) is 11.6. The van der Waals surface area contributed by atoms with E-state index in [9.17, 15) is 8.78 Å². The van der Waals surface area contributed by atoms with Crippen molar-refractivity contribution in [3.05, 3.63) is 35.4 Å². The second-order valence-electron chi connectivity index (χ2n) is 5.76. The summed E-state index contributed by atoms with van der Waals surface area (Å²) in [7, 11) is 1.74. The number of nitrogens with one attached hydrogen (secondary N) is 1. The Morgan fingerprint density at radius 3 is 2.42 bits per heavy atom. The molecule has 1 N–H and O–H groups in total. The second-order valence-corrected chi connectivity index (χ2v) is 5.76. The van der Waals surface area contributed by atoms with E-state index in [-0.39, 0.29) is 11.0 Å². The number of ether oxygens (including phenoxy) is 1. The lowest BCUT2D eigenvalue weighted by molar-refractivity contribution is -0.0979. The summed E-state index contributed by atoms with van der Waals surface area (Å²) in [5, 5.41) is 3.47. The van der Waals surface area contributed by atoms with Crippen molar-refractivity contribution in [2.45, 2.75) is 45.4 Å². The van der Waals surface area contributed by atoms with E-state index in [2.05, 4.69) is 19.2 Å². The number of hydrogen-bond acceptors (Lipinski definition) is 2. The van der Waals surface area contributed by atoms with Crippen molar-refractivity contribution in [1.29, 1.82) is 0 Å². The molecular formula is C15H21F2NO. The van der Waals surface area contributed by atoms with Crippen LogP contribution in [0.15, 0.2) is 24.3 Å². The average molecular weight is 269 g/mol. The predicted molar refractivity (Wildman–Crippen MR) is 71.2 cm³/mol. The fraction of sp³-hybridized carbons (Fsp3) is 0.600. The first-order valence-electron chi connectivity index (χ1n) is 6.58. The van der Waals surface area contributed by atoms with E-state index >= 15 is 0 Å². The molecule has 2 atom stereocenters. The molecule has 19 heavy (non-hydrogen) atoms. The maximum Gasteiger partial charge on any atom is 0.263 e. The van der Waals surface area contributed by atoms with Crippen LogP contribution in [-0.2, 0) is 11.3 Å². The molecule has 0 heterocycles. The van der Waals surface area contributed by atoms with Gasteiger partial charge in [-0.2, -0.15) is 0 Å². The van der Waals surface area contributed by atoms with Crippen LogP contribution in [0.25, 0.3) is 0 Å². The number of rotatable bonds is 5. The molecule has 2 unspecified atom stereocenters. The van der Waals surface area contributed by atoms with Crippen molar-refractivity contribution in [2.75, 3.05) is 7.11 Å². The van der Waals surface area contributed by atoms with E-state index < -0.39 is 6.43 Å². The van der Waals surface area contributed by atoms with E-state index in [1.54, 1.807) is 19.2 Å². The highest BCUT2D eigenvalue weighted by Crippen LogP contribution is 2.42.